The van der Waals surface area contributed by atoms with Crippen molar-refractivity contribution in [1.82, 2.24) is 15.0 Å². The zero-order valence-corrected chi connectivity index (χ0v) is 10.4. The van der Waals surface area contributed by atoms with E-state index in [4.69, 9.17) is 5.11 Å². The molecule has 0 radical (unpaired) electrons. The molecule has 3 rings (SSSR count). The van der Waals surface area contributed by atoms with E-state index < -0.39 is 5.97 Å². The summed E-state index contributed by atoms with van der Waals surface area (Å²) in [5.41, 5.74) is 1.35. The fourth-order valence-electron chi connectivity index (χ4n) is 2.09. The van der Waals surface area contributed by atoms with Gasteiger partial charge in [-0.2, -0.15) is 0 Å². The van der Waals surface area contributed by atoms with Crippen LogP contribution in [-0.4, -0.2) is 38.6 Å². The summed E-state index contributed by atoms with van der Waals surface area (Å²) in [5.74, 6) is 0.00276. The molecule has 0 atom stereocenters. The van der Waals surface area contributed by atoms with Crippen molar-refractivity contribution >= 4 is 23.0 Å². The molecule has 6 heteroatoms. The lowest BCUT2D eigenvalue weighted by Crippen LogP contribution is -2.29. The first-order valence-corrected chi connectivity index (χ1v) is 6.30. The molecule has 0 spiro atoms. The van der Waals surface area contributed by atoms with Gasteiger partial charge in [0.15, 0.2) is 5.65 Å². The molecule has 1 aliphatic rings. The van der Waals surface area contributed by atoms with E-state index in [1.807, 2.05) is 12.1 Å². The molecule has 2 aromatic heterocycles. The third-order valence-electron chi connectivity index (χ3n) is 3.17. The summed E-state index contributed by atoms with van der Waals surface area (Å²) in [7, 11) is 0. The number of nitrogens with zero attached hydrogens (tertiary/aromatic N) is 4. The number of fused-ring (bicyclic) bond motifs is 1. The summed E-state index contributed by atoms with van der Waals surface area (Å²) in [4.78, 5) is 25.6. The third kappa shape index (κ3) is 2.62. The van der Waals surface area contributed by atoms with E-state index >= 15 is 0 Å². The SMILES string of the molecule is O=C(O)CCN(c1ccc2nccnc2n1)C1CC1. The molecule has 0 amide bonds. The van der Waals surface area contributed by atoms with E-state index in [0.29, 0.717) is 18.2 Å². The Balaban J connectivity index is 1.88. The fourth-order valence-corrected chi connectivity index (χ4v) is 2.09. The van der Waals surface area contributed by atoms with Gasteiger partial charge in [0, 0.05) is 25.0 Å². The number of hydrogen-bond acceptors (Lipinski definition) is 5. The normalized spacial score (nSPS) is 14.5. The molecule has 0 aliphatic heterocycles. The zero-order valence-electron chi connectivity index (χ0n) is 10.4. The van der Waals surface area contributed by atoms with Crippen LogP contribution in [0.5, 0.6) is 0 Å². The highest BCUT2D eigenvalue weighted by Crippen LogP contribution is 2.31. The largest absolute Gasteiger partial charge is 0.481 e. The molecule has 2 heterocycles. The molecule has 6 nitrogen and oxygen atoms in total. The number of carboxylic acid groups (broad SMARTS) is 1. The molecule has 1 aliphatic carbocycles. The molecule has 0 aromatic carbocycles. The minimum atomic E-state index is -0.786. The summed E-state index contributed by atoms with van der Waals surface area (Å²) in [5, 5.41) is 8.81. The van der Waals surface area contributed by atoms with Crippen molar-refractivity contribution in [3.05, 3.63) is 24.5 Å². The van der Waals surface area contributed by atoms with Crippen LogP contribution in [0.15, 0.2) is 24.5 Å². The van der Waals surface area contributed by atoms with E-state index in [-0.39, 0.29) is 6.42 Å². The molecule has 0 unspecified atom stereocenters. The summed E-state index contributed by atoms with van der Waals surface area (Å²) in [6.07, 6.45) is 5.56. The molecular formula is C13H14N4O2. The summed E-state index contributed by atoms with van der Waals surface area (Å²) < 4.78 is 0. The maximum absolute atomic E-state index is 10.7. The first-order valence-electron chi connectivity index (χ1n) is 6.30. The van der Waals surface area contributed by atoms with E-state index in [0.717, 1.165) is 24.2 Å². The number of anilines is 1. The highest BCUT2D eigenvalue weighted by Gasteiger charge is 2.30. The van der Waals surface area contributed by atoms with Gasteiger partial charge < -0.3 is 10.0 Å². The Morgan fingerprint density at radius 1 is 1.32 bits per heavy atom. The average Bonchev–Trinajstić information content (AvgIpc) is 3.23. The quantitative estimate of drug-likeness (QED) is 0.874. The van der Waals surface area contributed by atoms with Crippen molar-refractivity contribution in [3.63, 3.8) is 0 Å². The number of rotatable bonds is 5. The predicted molar refractivity (Wildman–Crippen MR) is 70.0 cm³/mol. The molecule has 2 aromatic rings. The molecule has 0 bridgehead atoms. The predicted octanol–water partition coefficient (Wildman–Crippen LogP) is 1.47. The summed E-state index contributed by atoms with van der Waals surface area (Å²) >= 11 is 0. The third-order valence-corrected chi connectivity index (χ3v) is 3.17. The second-order valence-corrected chi connectivity index (χ2v) is 4.64. The highest BCUT2D eigenvalue weighted by atomic mass is 16.4. The Morgan fingerprint density at radius 2 is 2.11 bits per heavy atom. The summed E-state index contributed by atoms with van der Waals surface area (Å²) in [6, 6.07) is 4.18. The lowest BCUT2D eigenvalue weighted by Gasteiger charge is -2.22. The van der Waals surface area contributed by atoms with Crippen molar-refractivity contribution in [1.29, 1.82) is 0 Å². The zero-order chi connectivity index (χ0) is 13.2. The molecule has 1 saturated carbocycles. The van der Waals surface area contributed by atoms with E-state index in [1.165, 1.54) is 0 Å². The maximum Gasteiger partial charge on any atom is 0.305 e. The molecule has 98 valence electrons. The summed E-state index contributed by atoms with van der Waals surface area (Å²) in [6.45, 7) is 0.485. The maximum atomic E-state index is 10.7. The van der Waals surface area contributed by atoms with Gasteiger partial charge in [-0.3, -0.25) is 9.78 Å². The van der Waals surface area contributed by atoms with Crippen LogP contribution in [0.1, 0.15) is 19.3 Å². The first kappa shape index (κ1) is 11.8. The number of pyridine rings is 1. The topological polar surface area (TPSA) is 79.2 Å². The molecule has 0 saturated heterocycles. The second kappa shape index (κ2) is 4.79. The Kier molecular flexibility index (Phi) is 2.98. The lowest BCUT2D eigenvalue weighted by molar-refractivity contribution is -0.136. The van der Waals surface area contributed by atoms with Gasteiger partial charge in [-0.15, -0.1) is 0 Å². The Labute approximate surface area is 110 Å². The fraction of sp³-hybridized carbons (Fsp3) is 0.385. The minimum Gasteiger partial charge on any atom is -0.481 e. The standard InChI is InChI=1S/C13H14N4O2/c18-12(19)5-8-17(9-1-2-9)11-4-3-10-13(16-11)15-7-6-14-10/h3-4,6-7,9H,1-2,5,8H2,(H,18,19). The van der Waals surface area contributed by atoms with Gasteiger partial charge in [-0.1, -0.05) is 0 Å². The van der Waals surface area contributed by atoms with Crippen LogP contribution in [0.4, 0.5) is 5.82 Å². The van der Waals surface area contributed by atoms with Gasteiger partial charge >= 0.3 is 5.97 Å². The van der Waals surface area contributed by atoms with E-state index in [1.54, 1.807) is 12.4 Å². The Hall–Kier alpha value is -2.24. The van der Waals surface area contributed by atoms with Crippen LogP contribution in [0.2, 0.25) is 0 Å². The molecular weight excluding hydrogens is 244 g/mol. The molecule has 1 N–H and O–H groups in total. The van der Waals surface area contributed by atoms with Crippen molar-refractivity contribution in [2.45, 2.75) is 25.3 Å². The van der Waals surface area contributed by atoms with Gasteiger partial charge in [0.2, 0.25) is 0 Å². The van der Waals surface area contributed by atoms with Gasteiger partial charge in [0.1, 0.15) is 11.3 Å². The van der Waals surface area contributed by atoms with Gasteiger partial charge in [0.05, 0.1) is 6.42 Å². The van der Waals surface area contributed by atoms with Crippen LogP contribution in [-0.2, 0) is 4.79 Å². The number of hydrogen-bond donors (Lipinski definition) is 1. The lowest BCUT2D eigenvalue weighted by atomic mass is 10.3. The van der Waals surface area contributed by atoms with Gasteiger partial charge in [0.25, 0.3) is 0 Å². The van der Waals surface area contributed by atoms with Gasteiger partial charge in [-0.25, -0.2) is 9.97 Å². The molecule has 1 fully saturated rings. The minimum absolute atomic E-state index is 0.122. The molecule has 19 heavy (non-hydrogen) atoms. The monoisotopic (exact) mass is 258 g/mol. The van der Waals surface area contributed by atoms with Crippen molar-refractivity contribution < 1.29 is 9.90 Å². The number of carboxylic acids is 1. The number of aliphatic carboxylic acids is 1. The van der Waals surface area contributed by atoms with Gasteiger partial charge in [-0.05, 0) is 25.0 Å². The van der Waals surface area contributed by atoms with E-state index in [9.17, 15) is 4.79 Å². The van der Waals surface area contributed by atoms with Crippen LogP contribution in [0, 0.1) is 0 Å². The van der Waals surface area contributed by atoms with Crippen LogP contribution in [0.3, 0.4) is 0 Å². The van der Waals surface area contributed by atoms with Crippen LogP contribution < -0.4 is 4.90 Å². The number of carbonyl (C=O) groups is 1. The Morgan fingerprint density at radius 3 is 2.84 bits per heavy atom. The van der Waals surface area contributed by atoms with E-state index in [2.05, 4.69) is 19.9 Å². The smallest absolute Gasteiger partial charge is 0.305 e. The average molecular weight is 258 g/mol. The van der Waals surface area contributed by atoms with Crippen molar-refractivity contribution in [2.24, 2.45) is 0 Å². The second-order valence-electron chi connectivity index (χ2n) is 4.64. The van der Waals surface area contributed by atoms with Crippen LogP contribution >= 0.6 is 0 Å². The van der Waals surface area contributed by atoms with Crippen molar-refractivity contribution in [3.8, 4) is 0 Å². The highest BCUT2D eigenvalue weighted by molar-refractivity contribution is 5.72. The Bertz CT molecular complexity index is 612. The number of aromatic nitrogens is 3. The van der Waals surface area contributed by atoms with Crippen LogP contribution in [0.25, 0.3) is 11.2 Å². The first-order chi connectivity index (χ1) is 9.24. The van der Waals surface area contributed by atoms with Crippen molar-refractivity contribution in [2.75, 3.05) is 11.4 Å².